The summed E-state index contributed by atoms with van der Waals surface area (Å²) in [5.41, 5.74) is 2.43. The molecule has 1 N–H and O–H groups in total. The van der Waals surface area contributed by atoms with Gasteiger partial charge in [0.25, 0.3) is 0 Å². The van der Waals surface area contributed by atoms with Crippen LogP contribution in [0.3, 0.4) is 0 Å². The Kier molecular flexibility index (Phi) is 2.71. The van der Waals surface area contributed by atoms with Crippen LogP contribution in [-0.2, 0) is 0 Å². The third kappa shape index (κ3) is 1.93. The molecule has 1 saturated carbocycles. The zero-order chi connectivity index (χ0) is 13.0. The van der Waals surface area contributed by atoms with Crippen LogP contribution in [0.15, 0.2) is 22.8 Å². The Bertz CT molecular complexity index is 639. The Hall–Kier alpha value is -0.870. The van der Waals surface area contributed by atoms with E-state index >= 15 is 0 Å². The first-order valence-electron chi connectivity index (χ1n) is 6.97. The fourth-order valence-corrected chi connectivity index (χ4v) is 3.64. The van der Waals surface area contributed by atoms with Crippen LogP contribution < -0.4 is 5.32 Å². The average Bonchev–Trinajstić information content (AvgIpc) is 2.97. The van der Waals surface area contributed by atoms with Gasteiger partial charge in [0.1, 0.15) is 5.82 Å². The van der Waals surface area contributed by atoms with Gasteiger partial charge in [0.05, 0.1) is 4.47 Å². The highest BCUT2D eigenvalue weighted by Crippen LogP contribution is 2.39. The maximum atomic E-state index is 13.8. The van der Waals surface area contributed by atoms with Crippen LogP contribution in [0, 0.1) is 5.82 Å². The minimum absolute atomic E-state index is 0.168. The van der Waals surface area contributed by atoms with Gasteiger partial charge in [-0.15, -0.1) is 0 Å². The van der Waals surface area contributed by atoms with Crippen molar-refractivity contribution in [3.05, 3.63) is 34.2 Å². The maximum Gasteiger partial charge on any atom is 0.138 e. The molecule has 2 heterocycles. The van der Waals surface area contributed by atoms with Crippen molar-refractivity contribution in [2.75, 3.05) is 6.54 Å². The molecule has 100 valence electrons. The van der Waals surface area contributed by atoms with Gasteiger partial charge in [-0.3, -0.25) is 0 Å². The van der Waals surface area contributed by atoms with E-state index in [0.717, 1.165) is 11.9 Å². The van der Waals surface area contributed by atoms with E-state index in [2.05, 4.69) is 32.0 Å². The van der Waals surface area contributed by atoms with Gasteiger partial charge >= 0.3 is 0 Å². The van der Waals surface area contributed by atoms with E-state index in [-0.39, 0.29) is 5.82 Å². The highest BCUT2D eigenvalue weighted by molar-refractivity contribution is 9.10. The van der Waals surface area contributed by atoms with Gasteiger partial charge < -0.3 is 9.88 Å². The summed E-state index contributed by atoms with van der Waals surface area (Å²) in [5, 5.41) is 4.41. The molecule has 2 aliphatic rings. The molecule has 0 spiro atoms. The second-order valence-corrected chi connectivity index (χ2v) is 6.53. The molecule has 0 amide bonds. The van der Waals surface area contributed by atoms with Crippen LogP contribution in [0.25, 0.3) is 10.9 Å². The first-order chi connectivity index (χ1) is 9.24. The summed E-state index contributed by atoms with van der Waals surface area (Å²) in [7, 11) is 0. The van der Waals surface area contributed by atoms with Crippen LogP contribution in [0.4, 0.5) is 4.39 Å². The molecule has 0 radical (unpaired) electrons. The van der Waals surface area contributed by atoms with Gasteiger partial charge in [0.15, 0.2) is 0 Å². The molecule has 0 bridgehead atoms. The fourth-order valence-electron chi connectivity index (χ4n) is 3.31. The summed E-state index contributed by atoms with van der Waals surface area (Å²) in [6, 6.07) is 4.63. The molecule has 2 aromatic rings. The van der Waals surface area contributed by atoms with Gasteiger partial charge in [0, 0.05) is 35.7 Å². The summed E-state index contributed by atoms with van der Waals surface area (Å²) >= 11 is 3.32. The largest absolute Gasteiger partial charge is 0.344 e. The lowest BCUT2D eigenvalue weighted by atomic mass is 10.1. The molecule has 2 nitrogen and oxygen atoms in total. The SMILES string of the molecule is Fc1cc2c(C3CN3)cn(C3CCCC3)c2cc1Br. The molecule has 19 heavy (non-hydrogen) atoms. The van der Waals surface area contributed by atoms with Crippen molar-refractivity contribution in [2.24, 2.45) is 0 Å². The van der Waals surface area contributed by atoms with Crippen molar-refractivity contribution in [2.45, 2.75) is 37.8 Å². The lowest BCUT2D eigenvalue weighted by molar-refractivity contribution is 0.534. The second-order valence-electron chi connectivity index (χ2n) is 5.67. The van der Waals surface area contributed by atoms with Crippen LogP contribution in [0.1, 0.15) is 43.3 Å². The number of nitrogens with zero attached hydrogens (tertiary/aromatic N) is 1. The van der Waals surface area contributed by atoms with Gasteiger partial charge in [-0.05, 0) is 46.5 Å². The predicted octanol–water partition coefficient (Wildman–Crippen LogP) is 4.30. The Morgan fingerprint density at radius 2 is 2.00 bits per heavy atom. The zero-order valence-corrected chi connectivity index (χ0v) is 12.2. The van der Waals surface area contributed by atoms with Gasteiger partial charge in [0.2, 0.25) is 0 Å². The number of fused-ring (bicyclic) bond motifs is 1. The molecular weight excluding hydrogens is 307 g/mol. The Morgan fingerprint density at radius 3 is 2.68 bits per heavy atom. The van der Waals surface area contributed by atoms with Crippen molar-refractivity contribution in [3.8, 4) is 0 Å². The van der Waals surface area contributed by atoms with Crippen molar-refractivity contribution in [1.29, 1.82) is 0 Å². The third-order valence-electron chi connectivity index (χ3n) is 4.41. The van der Waals surface area contributed by atoms with E-state index in [4.69, 9.17) is 0 Å². The molecule has 1 aromatic heterocycles. The molecule has 4 heteroatoms. The number of hydrogen-bond donors (Lipinski definition) is 1. The number of halogens is 2. The average molecular weight is 323 g/mol. The topological polar surface area (TPSA) is 26.9 Å². The number of nitrogens with one attached hydrogen (secondary N) is 1. The summed E-state index contributed by atoms with van der Waals surface area (Å²) in [6.45, 7) is 1.02. The first-order valence-corrected chi connectivity index (χ1v) is 7.76. The van der Waals surface area contributed by atoms with E-state index in [1.54, 1.807) is 6.07 Å². The van der Waals surface area contributed by atoms with Crippen molar-refractivity contribution in [3.63, 3.8) is 0 Å². The third-order valence-corrected chi connectivity index (χ3v) is 5.02. The van der Waals surface area contributed by atoms with Crippen LogP contribution >= 0.6 is 15.9 Å². The van der Waals surface area contributed by atoms with Crippen molar-refractivity contribution >= 4 is 26.8 Å². The van der Waals surface area contributed by atoms with Crippen LogP contribution in [0.5, 0.6) is 0 Å². The standard InChI is InChI=1S/C15H16BrFN2/c16-12-6-15-10(5-13(12)17)11(14-7-18-14)8-19(15)9-3-1-2-4-9/h5-6,8-9,14,18H,1-4,7H2. The molecule has 1 aliphatic heterocycles. The van der Waals surface area contributed by atoms with Crippen molar-refractivity contribution < 1.29 is 4.39 Å². The Balaban J connectivity index is 1.94. The minimum atomic E-state index is -0.168. The minimum Gasteiger partial charge on any atom is -0.344 e. The summed E-state index contributed by atoms with van der Waals surface area (Å²) in [6.07, 6.45) is 7.36. The quantitative estimate of drug-likeness (QED) is 0.820. The fraction of sp³-hybridized carbons (Fsp3) is 0.467. The maximum absolute atomic E-state index is 13.8. The number of hydrogen-bond acceptors (Lipinski definition) is 1. The normalized spacial score (nSPS) is 23.4. The lowest BCUT2D eigenvalue weighted by Crippen LogP contribution is -2.02. The lowest BCUT2D eigenvalue weighted by Gasteiger charge is -2.13. The van der Waals surface area contributed by atoms with E-state index in [1.165, 1.54) is 36.8 Å². The highest BCUT2D eigenvalue weighted by atomic mass is 79.9. The van der Waals surface area contributed by atoms with Crippen LogP contribution in [-0.4, -0.2) is 11.1 Å². The summed E-state index contributed by atoms with van der Waals surface area (Å²) < 4.78 is 16.8. The molecular formula is C15H16BrFN2. The number of benzene rings is 1. The molecule has 1 aromatic carbocycles. The van der Waals surface area contributed by atoms with Gasteiger partial charge in [-0.25, -0.2) is 4.39 Å². The molecule has 1 aliphatic carbocycles. The van der Waals surface area contributed by atoms with E-state index < -0.39 is 0 Å². The second kappa shape index (κ2) is 4.32. The van der Waals surface area contributed by atoms with E-state index in [1.807, 2.05) is 6.07 Å². The molecule has 1 saturated heterocycles. The highest BCUT2D eigenvalue weighted by Gasteiger charge is 2.29. The van der Waals surface area contributed by atoms with E-state index in [0.29, 0.717) is 16.6 Å². The van der Waals surface area contributed by atoms with E-state index in [9.17, 15) is 4.39 Å². The van der Waals surface area contributed by atoms with Gasteiger partial charge in [-0.1, -0.05) is 12.8 Å². The summed E-state index contributed by atoms with van der Waals surface area (Å²) in [4.78, 5) is 0. The molecule has 4 rings (SSSR count). The Labute approximate surface area is 120 Å². The number of aromatic nitrogens is 1. The van der Waals surface area contributed by atoms with Crippen LogP contribution in [0.2, 0.25) is 0 Å². The number of rotatable bonds is 2. The zero-order valence-electron chi connectivity index (χ0n) is 10.6. The molecule has 1 unspecified atom stereocenters. The van der Waals surface area contributed by atoms with Gasteiger partial charge in [-0.2, -0.15) is 0 Å². The predicted molar refractivity (Wildman–Crippen MR) is 77.8 cm³/mol. The summed E-state index contributed by atoms with van der Waals surface area (Å²) in [5.74, 6) is -0.168. The smallest absolute Gasteiger partial charge is 0.138 e. The molecule has 2 fully saturated rings. The monoisotopic (exact) mass is 322 g/mol. The van der Waals surface area contributed by atoms with Crippen molar-refractivity contribution in [1.82, 2.24) is 9.88 Å². The Morgan fingerprint density at radius 1 is 1.26 bits per heavy atom. The first kappa shape index (κ1) is 11.9. The molecule has 1 atom stereocenters.